The van der Waals surface area contributed by atoms with Crippen molar-refractivity contribution in [2.24, 2.45) is 0 Å². The van der Waals surface area contributed by atoms with Crippen LogP contribution in [0.5, 0.6) is 0 Å². The first-order valence-electron chi connectivity index (χ1n) is 4.06. The van der Waals surface area contributed by atoms with Crippen molar-refractivity contribution in [1.29, 1.82) is 0 Å². The number of halogens is 1. The fourth-order valence-corrected chi connectivity index (χ4v) is 1.19. The van der Waals surface area contributed by atoms with Crippen molar-refractivity contribution in [3.63, 3.8) is 0 Å². The number of aliphatic hydroxyl groups excluding tert-OH is 1. The van der Waals surface area contributed by atoms with Gasteiger partial charge in [0.15, 0.2) is 0 Å². The van der Waals surface area contributed by atoms with E-state index < -0.39 is 22.9 Å². The van der Waals surface area contributed by atoms with Crippen molar-refractivity contribution in [3.8, 4) is 0 Å². The van der Waals surface area contributed by atoms with Gasteiger partial charge in [-0.15, -0.1) is 0 Å². The lowest BCUT2D eigenvalue weighted by Crippen LogP contribution is -2.34. The third kappa shape index (κ3) is 2.88. The highest BCUT2D eigenvalue weighted by molar-refractivity contribution is 6.28. The molecule has 1 rings (SSSR count). The molecule has 0 aliphatic carbocycles. The maximum Gasteiger partial charge on any atom is 0.383 e. The van der Waals surface area contributed by atoms with E-state index in [4.69, 9.17) is 16.7 Å². The van der Waals surface area contributed by atoms with Crippen LogP contribution in [0.2, 0.25) is 5.28 Å². The fourth-order valence-electron chi connectivity index (χ4n) is 0.996. The molecule has 0 aliphatic rings. The molecule has 1 unspecified atom stereocenters. The second kappa shape index (κ2) is 4.13. The largest absolute Gasteiger partial charge is 0.393 e. The molecule has 1 aromatic rings. The molecule has 0 saturated carbocycles. The minimum atomic E-state index is -1.39. The lowest BCUT2D eigenvalue weighted by atomic mass is 10.1. The van der Waals surface area contributed by atoms with Gasteiger partial charge in [-0.3, -0.25) is 4.57 Å². The molecule has 15 heavy (non-hydrogen) atoms. The molecule has 0 amide bonds. The number of aromatic nitrogens is 2. The van der Waals surface area contributed by atoms with Crippen LogP contribution in [0, 0.1) is 10.1 Å². The maximum atomic E-state index is 10.4. The zero-order chi connectivity index (χ0) is 11.6. The Morgan fingerprint density at radius 1 is 1.80 bits per heavy atom. The second-order valence-electron chi connectivity index (χ2n) is 3.41. The van der Waals surface area contributed by atoms with Crippen molar-refractivity contribution in [2.45, 2.75) is 19.1 Å². The molecule has 0 aromatic carbocycles. The summed E-state index contributed by atoms with van der Waals surface area (Å²) in [5.41, 5.74) is -1.39. The molecule has 0 bridgehead atoms. The first-order chi connectivity index (χ1) is 6.85. The topological polar surface area (TPSA) is 101 Å². The summed E-state index contributed by atoms with van der Waals surface area (Å²) in [6, 6.07) is 0. The van der Waals surface area contributed by atoms with Gasteiger partial charge in [0.05, 0.1) is 13.2 Å². The van der Waals surface area contributed by atoms with Crippen LogP contribution in [-0.2, 0) is 6.54 Å². The van der Waals surface area contributed by atoms with E-state index in [-0.39, 0.29) is 11.8 Å². The van der Waals surface area contributed by atoms with Crippen LogP contribution >= 0.6 is 11.6 Å². The Labute approximate surface area is 90.1 Å². The summed E-state index contributed by atoms with van der Waals surface area (Å²) in [5, 5.41) is 28.6. The summed E-state index contributed by atoms with van der Waals surface area (Å²) in [6.45, 7) is 0.841. The number of hydrogen-bond acceptors (Lipinski definition) is 5. The summed E-state index contributed by atoms with van der Waals surface area (Å²) in [4.78, 5) is 13.1. The van der Waals surface area contributed by atoms with E-state index in [0.717, 1.165) is 6.20 Å². The summed E-state index contributed by atoms with van der Waals surface area (Å²) in [6.07, 6.45) is 1.10. The molecule has 0 fully saturated rings. The Kier molecular flexibility index (Phi) is 3.28. The third-order valence-corrected chi connectivity index (χ3v) is 2.06. The number of aliphatic hydroxyl groups is 2. The van der Waals surface area contributed by atoms with Gasteiger partial charge < -0.3 is 20.3 Å². The molecule has 1 heterocycles. The zero-order valence-corrected chi connectivity index (χ0v) is 8.68. The normalized spacial score (nSPS) is 14.9. The van der Waals surface area contributed by atoms with E-state index in [1.54, 1.807) is 0 Å². The molecule has 84 valence electrons. The zero-order valence-electron chi connectivity index (χ0n) is 7.92. The van der Waals surface area contributed by atoms with Crippen LogP contribution in [0.15, 0.2) is 6.20 Å². The summed E-state index contributed by atoms with van der Waals surface area (Å²) >= 11 is 5.61. The van der Waals surface area contributed by atoms with Gasteiger partial charge in [-0.25, -0.2) is 0 Å². The average molecular weight is 236 g/mol. The van der Waals surface area contributed by atoms with E-state index >= 15 is 0 Å². The Morgan fingerprint density at radius 2 is 2.40 bits per heavy atom. The molecule has 0 aliphatic heterocycles. The van der Waals surface area contributed by atoms with Crippen LogP contribution in [0.4, 0.5) is 5.82 Å². The fraction of sp³-hybridized carbons (Fsp3) is 0.571. The number of rotatable bonds is 4. The molecule has 1 aromatic heterocycles. The van der Waals surface area contributed by atoms with Crippen LogP contribution in [-0.4, -0.2) is 36.9 Å². The van der Waals surface area contributed by atoms with Crippen molar-refractivity contribution < 1.29 is 15.1 Å². The van der Waals surface area contributed by atoms with Crippen LogP contribution in [0.1, 0.15) is 6.92 Å². The van der Waals surface area contributed by atoms with Gasteiger partial charge in [0, 0.05) is 0 Å². The number of nitrogens with zero attached hydrogens (tertiary/aromatic N) is 3. The molecule has 0 saturated heterocycles. The van der Waals surface area contributed by atoms with Crippen molar-refractivity contribution >= 4 is 17.4 Å². The van der Waals surface area contributed by atoms with E-state index in [9.17, 15) is 15.2 Å². The molecule has 0 radical (unpaired) electrons. The molecule has 7 nitrogen and oxygen atoms in total. The molecule has 8 heteroatoms. The Bertz CT molecular complexity index is 376. The summed E-state index contributed by atoms with van der Waals surface area (Å²) in [7, 11) is 0. The summed E-state index contributed by atoms with van der Waals surface area (Å²) < 4.78 is 1.20. The first-order valence-corrected chi connectivity index (χ1v) is 4.44. The summed E-state index contributed by atoms with van der Waals surface area (Å²) in [5.74, 6) is -0.395. The predicted octanol–water partition coefficient (Wildman–Crippen LogP) is 0.188. The van der Waals surface area contributed by atoms with Gasteiger partial charge in [0.1, 0.15) is 11.8 Å². The average Bonchev–Trinajstić information content (AvgIpc) is 2.47. The Hall–Kier alpha value is -1.18. The minimum Gasteiger partial charge on any atom is -0.393 e. The van der Waals surface area contributed by atoms with Gasteiger partial charge in [-0.05, 0) is 28.4 Å². The van der Waals surface area contributed by atoms with Crippen LogP contribution in [0.25, 0.3) is 0 Å². The van der Waals surface area contributed by atoms with Crippen LogP contribution in [0.3, 0.4) is 0 Å². The number of nitro groups is 1. The standard InChI is InChI=1S/C7H10ClN3O4/c1-7(13,4-12)3-10-2-5(11(14)15)9-6(10)8/h2,12-13H,3-4H2,1H3. The molecule has 1 atom stereocenters. The minimum absolute atomic E-state index is 0.0663. The Morgan fingerprint density at radius 3 is 2.80 bits per heavy atom. The van der Waals surface area contributed by atoms with Gasteiger partial charge >= 0.3 is 11.1 Å². The third-order valence-electron chi connectivity index (χ3n) is 1.75. The van der Waals surface area contributed by atoms with Gasteiger partial charge in [0.25, 0.3) is 0 Å². The molecule has 0 spiro atoms. The van der Waals surface area contributed by atoms with Crippen LogP contribution < -0.4 is 0 Å². The molecule has 2 N–H and O–H groups in total. The molecular formula is C7H10ClN3O4. The van der Waals surface area contributed by atoms with Crippen molar-refractivity contribution in [1.82, 2.24) is 9.55 Å². The lowest BCUT2D eigenvalue weighted by Gasteiger charge is -2.19. The Balaban J connectivity index is 2.91. The van der Waals surface area contributed by atoms with Gasteiger partial charge in [0.2, 0.25) is 0 Å². The van der Waals surface area contributed by atoms with Gasteiger partial charge in [-0.1, -0.05) is 0 Å². The maximum absolute atomic E-state index is 10.4. The lowest BCUT2D eigenvalue weighted by molar-refractivity contribution is -0.389. The van der Waals surface area contributed by atoms with E-state index in [1.165, 1.54) is 11.5 Å². The number of imidazole rings is 1. The smallest absolute Gasteiger partial charge is 0.383 e. The monoisotopic (exact) mass is 235 g/mol. The molecular weight excluding hydrogens is 226 g/mol. The highest BCUT2D eigenvalue weighted by Crippen LogP contribution is 2.18. The van der Waals surface area contributed by atoms with Crippen molar-refractivity contribution in [2.75, 3.05) is 6.61 Å². The van der Waals surface area contributed by atoms with E-state index in [1.807, 2.05) is 0 Å². The van der Waals surface area contributed by atoms with Gasteiger partial charge in [-0.2, -0.15) is 0 Å². The number of hydrogen-bond donors (Lipinski definition) is 2. The van der Waals surface area contributed by atoms with E-state index in [2.05, 4.69) is 4.98 Å². The first kappa shape index (κ1) is 11.9. The highest BCUT2D eigenvalue weighted by atomic mass is 35.5. The SMILES string of the molecule is CC(O)(CO)Cn1cc([N+](=O)[O-])nc1Cl. The van der Waals surface area contributed by atoms with E-state index in [0.29, 0.717) is 0 Å². The second-order valence-corrected chi connectivity index (χ2v) is 3.75. The van der Waals surface area contributed by atoms with Crippen molar-refractivity contribution in [3.05, 3.63) is 21.6 Å². The quantitative estimate of drug-likeness (QED) is 0.573. The predicted molar refractivity (Wildman–Crippen MR) is 51.6 cm³/mol. The highest BCUT2D eigenvalue weighted by Gasteiger charge is 2.25.